The van der Waals surface area contributed by atoms with Crippen LogP contribution in [0.2, 0.25) is 0 Å². The van der Waals surface area contributed by atoms with Crippen LogP contribution in [0.1, 0.15) is 37.0 Å². The summed E-state index contributed by atoms with van der Waals surface area (Å²) in [6, 6.07) is 2.01. The van der Waals surface area contributed by atoms with Gasteiger partial charge in [0.1, 0.15) is 0 Å². The van der Waals surface area contributed by atoms with Crippen LogP contribution < -0.4 is 11.1 Å². The van der Waals surface area contributed by atoms with Gasteiger partial charge in [0.05, 0.1) is 16.9 Å². The third kappa shape index (κ3) is 3.35. The normalized spacial score (nSPS) is 17.9. The summed E-state index contributed by atoms with van der Waals surface area (Å²) in [5, 5.41) is 4.99. The summed E-state index contributed by atoms with van der Waals surface area (Å²) in [6.07, 6.45) is 4.77. The van der Waals surface area contributed by atoms with Crippen molar-refractivity contribution in [2.45, 2.75) is 38.6 Å². The first-order valence-corrected chi connectivity index (χ1v) is 8.44. The predicted octanol–water partition coefficient (Wildman–Crippen LogP) is 3.36. The molecule has 0 saturated heterocycles. The molecule has 1 aliphatic carbocycles. The van der Waals surface area contributed by atoms with Gasteiger partial charge in [-0.05, 0) is 34.8 Å². The Morgan fingerprint density at radius 3 is 2.68 bits per heavy atom. The van der Waals surface area contributed by atoms with E-state index in [1.54, 1.807) is 11.3 Å². The fourth-order valence-corrected chi connectivity index (χ4v) is 4.21. The van der Waals surface area contributed by atoms with Crippen LogP contribution in [0.25, 0.3) is 0 Å². The Kier molecular flexibility index (Phi) is 4.97. The Hall–Kier alpha value is -0.460. The van der Waals surface area contributed by atoms with E-state index in [1.165, 1.54) is 0 Å². The molecule has 3 nitrogen and oxygen atoms in total. The van der Waals surface area contributed by atoms with E-state index < -0.39 is 5.41 Å². The quantitative estimate of drug-likeness (QED) is 0.809. The number of rotatable bonds is 4. The van der Waals surface area contributed by atoms with Crippen molar-refractivity contribution in [3.63, 3.8) is 0 Å². The van der Waals surface area contributed by atoms with Gasteiger partial charge in [-0.1, -0.05) is 31.5 Å². The minimum Gasteiger partial charge on any atom is -0.392 e. The van der Waals surface area contributed by atoms with Gasteiger partial charge in [0.25, 0.3) is 0 Å². The third-order valence-corrected chi connectivity index (χ3v) is 5.75. The van der Waals surface area contributed by atoms with E-state index in [0.29, 0.717) is 11.5 Å². The highest BCUT2D eigenvalue weighted by Crippen LogP contribution is 2.37. The minimum absolute atomic E-state index is 0.00998. The maximum atomic E-state index is 12.5. The molecule has 1 aromatic heterocycles. The van der Waals surface area contributed by atoms with Crippen LogP contribution in [0.3, 0.4) is 0 Å². The molecule has 19 heavy (non-hydrogen) atoms. The van der Waals surface area contributed by atoms with Gasteiger partial charge in [-0.2, -0.15) is 0 Å². The van der Waals surface area contributed by atoms with Crippen LogP contribution >= 0.6 is 39.5 Å². The van der Waals surface area contributed by atoms with Crippen molar-refractivity contribution in [1.29, 1.82) is 0 Å². The number of nitrogens with one attached hydrogen (secondary N) is 1. The molecule has 1 fully saturated rings. The van der Waals surface area contributed by atoms with E-state index in [9.17, 15) is 4.79 Å². The molecule has 1 saturated carbocycles. The molecule has 0 unspecified atom stereocenters. The number of halogens is 1. The first-order chi connectivity index (χ1) is 9.04. The van der Waals surface area contributed by atoms with Gasteiger partial charge >= 0.3 is 0 Å². The molecule has 1 aliphatic rings. The smallest absolute Gasteiger partial charge is 0.233 e. The standard InChI is InChI=1S/C13H17BrN2OS2/c14-9-6-10(19-8-9)7-16-12(17)13(11(15)18)4-2-1-3-5-13/h6,8H,1-5,7H2,(H2,15,18)(H,16,17). The molecular weight excluding hydrogens is 344 g/mol. The van der Waals surface area contributed by atoms with E-state index in [2.05, 4.69) is 21.2 Å². The Balaban J connectivity index is 2.02. The molecule has 0 radical (unpaired) electrons. The number of nitrogens with two attached hydrogens (primary N) is 1. The molecular formula is C13H17BrN2OS2. The van der Waals surface area contributed by atoms with Crippen molar-refractivity contribution in [2.24, 2.45) is 11.1 Å². The second-order valence-electron chi connectivity index (χ2n) is 4.92. The predicted molar refractivity (Wildman–Crippen MR) is 86.2 cm³/mol. The van der Waals surface area contributed by atoms with Gasteiger partial charge in [0.2, 0.25) is 5.91 Å². The molecule has 1 amide bonds. The second-order valence-corrected chi connectivity index (χ2v) is 7.27. The van der Waals surface area contributed by atoms with E-state index in [1.807, 2.05) is 11.4 Å². The largest absolute Gasteiger partial charge is 0.392 e. The molecule has 0 spiro atoms. The average molecular weight is 361 g/mol. The first kappa shape index (κ1) is 14.9. The molecule has 0 bridgehead atoms. The first-order valence-electron chi connectivity index (χ1n) is 6.36. The molecule has 1 aromatic rings. The number of carbonyl (C=O) groups excluding carboxylic acids is 1. The van der Waals surface area contributed by atoms with Crippen LogP contribution in [0.5, 0.6) is 0 Å². The fourth-order valence-electron chi connectivity index (χ4n) is 2.52. The molecule has 0 aliphatic heterocycles. The van der Waals surface area contributed by atoms with Gasteiger partial charge in [0, 0.05) is 14.7 Å². The fraction of sp³-hybridized carbons (Fsp3) is 0.538. The SMILES string of the molecule is NC(=S)C1(C(=O)NCc2cc(Br)cs2)CCCCC1. The minimum atomic E-state index is -0.623. The highest BCUT2D eigenvalue weighted by Gasteiger charge is 2.42. The summed E-state index contributed by atoms with van der Waals surface area (Å²) in [5.74, 6) is -0.00998. The Morgan fingerprint density at radius 2 is 2.16 bits per heavy atom. The number of hydrogen-bond donors (Lipinski definition) is 2. The molecule has 6 heteroatoms. The Bertz CT molecular complexity index is 481. The summed E-state index contributed by atoms with van der Waals surface area (Å²) in [6.45, 7) is 0.541. The lowest BCUT2D eigenvalue weighted by atomic mass is 9.73. The highest BCUT2D eigenvalue weighted by molar-refractivity contribution is 9.10. The van der Waals surface area contributed by atoms with Crippen molar-refractivity contribution in [1.82, 2.24) is 5.32 Å². The lowest BCUT2D eigenvalue weighted by Gasteiger charge is -2.34. The molecule has 0 atom stereocenters. The zero-order chi connectivity index (χ0) is 13.9. The van der Waals surface area contributed by atoms with Crippen LogP contribution in [0.4, 0.5) is 0 Å². The Morgan fingerprint density at radius 1 is 1.47 bits per heavy atom. The Labute approximate surface area is 131 Å². The highest BCUT2D eigenvalue weighted by atomic mass is 79.9. The lowest BCUT2D eigenvalue weighted by Crippen LogP contribution is -2.49. The summed E-state index contributed by atoms with van der Waals surface area (Å²) < 4.78 is 1.04. The molecule has 2 rings (SSSR count). The van der Waals surface area contributed by atoms with Gasteiger partial charge in [0.15, 0.2) is 0 Å². The third-order valence-electron chi connectivity index (χ3n) is 3.66. The van der Waals surface area contributed by atoms with Gasteiger partial charge in [-0.15, -0.1) is 11.3 Å². The second kappa shape index (κ2) is 6.33. The van der Waals surface area contributed by atoms with E-state index in [-0.39, 0.29) is 5.91 Å². The van der Waals surface area contributed by atoms with E-state index in [0.717, 1.165) is 41.5 Å². The van der Waals surface area contributed by atoms with E-state index >= 15 is 0 Å². The van der Waals surface area contributed by atoms with Gasteiger partial charge < -0.3 is 11.1 Å². The molecule has 1 heterocycles. The summed E-state index contributed by atoms with van der Waals surface area (Å²) >= 11 is 10.2. The molecule has 0 aromatic carbocycles. The van der Waals surface area contributed by atoms with E-state index in [4.69, 9.17) is 18.0 Å². The lowest BCUT2D eigenvalue weighted by molar-refractivity contribution is -0.129. The maximum Gasteiger partial charge on any atom is 0.233 e. The summed E-state index contributed by atoms with van der Waals surface area (Å²) in [7, 11) is 0. The number of hydrogen-bond acceptors (Lipinski definition) is 3. The zero-order valence-corrected chi connectivity index (χ0v) is 13.8. The van der Waals surface area contributed by atoms with Gasteiger partial charge in [-0.25, -0.2) is 0 Å². The van der Waals surface area contributed by atoms with Gasteiger partial charge in [-0.3, -0.25) is 4.79 Å². The topological polar surface area (TPSA) is 55.1 Å². The number of thiophene rings is 1. The van der Waals surface area contributed by atoms with Crippen molar-refractivity contribution >= 4 is 50.4 Å². The van der Waals surface area contributed by atoms with Crippen molar-refractivity contribution in [2.75, 3.05) is 0 Å². The van der Waals surface area contributed by atoms with Crippen LogP contribution in [0.15, 0.2) is 15.9 Å². The van der Waals surface area contributed by atoms with Crippen molar-refractivity contribution in [3.8, 4) is 0 Å². The average Bonchev–Trinajstić information content (AvgIpc) is 2.82. The van der Waals surface area contributed by atoms with Crippen LogP contribution in [0, 0.1) is 5.41 Å². The van der Waals surface area contributed by atoms with Crippen molar-refractivity contribution < 1.29 is 4.79 Å². The zero-order valence-electron chi connectivity index (χ0n) is 10.6. The molecule has 104 valence electrons. The molecule has 3 N–H and O–H groups in total. The van der Waals surface area contributed by atoms with Crippen LogP contribution in [-0.2, 0) is 11.3 Å². The number of thiocarbonyl (C=S) groups is 1. The van der Waals surface area contributed by atoms with Crippen LogP contribution in [-0.4, -0.2) is 10.9 Å². The number of amides is 1. The monoisotopic (exact) mass is 360 g/mol. The summed E-state index contributed by atoms with van der Waals surface area (Å²) in [5.41, 5.74) is 5.22. The summed E-state index contributed by atoms with van der Waals surface area (Å²) in [4.78, 5) is 13.9. The van der Waals surface area contributed by atoms with Crippen molar-refractivity contribution in [3.05, 3.63) is 20.8 Å². The number of carbonyl (C=O) groups is 1. The maximum absolute atomic E-state index is 12.5.